The highest BCUT2D eigenvalue weighted by atomic mass is 16.5. The van der Waals surface area contributed by atoms with Gasteiger partial charge in [-0.3, -0.25) is 9.59 Å². The lowest BCUT2D eigenvalue weighted by atomic mass is 9.99. The smallest absolute Gasteiger partial charge is 0.220 e. The van der Waals surface area contributed by atoms with Gasteiger partial charge in [-0.2, -0.15) is 0 Å². The molecule has 7 heteroatoms. The summed E-state index contributed by atoms with van der Waals surface area (Å²) in [5, 5.41) is 13.9. The quantitative estimate of drug-likeness (QED) is 0.405. The lowest BCUT2D eigenvalue weighted by molar-refractivity contribution is 0.0998. The van der Waals surface area contributed by atoms with Crippen molar-refractivity contribution in [2.24, 2.45) is 0 Å². The monoisotopic (exact) mass is 408 g/mol. The summed E-state index contributed by atoms with van der Waals surface area (Å²) in [5.74, 6) is -0.860. The first-order valence-electron chi connectivity index (χ1n) is 9.64. The highest BCUT2D eigenvalue weighted by molar-refractivity contribution is 6.18. The van der Waals surface area contributed by atoms with Crippen molar-refractivity contribution < 1.29 is 14.1 Å². The first-order chi connectivity index (χ1) is 15.1. The molecule has 150 valence electrons. The van der Waals surface area contributed by atoms with Crippen LogP contribution in [0.2, 0.25) is 0 Å². The number of fused-ring (bicyclic) bond motifs is 1. The molecule has 3 aromatic carbocycles. The summed E-state index contributed by atoms with van der Waals surface area (Å²) in [4.78, 5) is 26.3. The van der Waals surface area contributed by atoms with E-state index in [1.54, 1.807) is 23.7 Å². The first-order valence-corrected chi connectivity index (χ1v) is 9.64. The van der Waals surface area contributed by atoms with Gasteiger partial charge in [-0.1, -0.05) is 65.0 Å². The molecule has 0 aliphatic carbocycles. The van der Waals surface area contributed by atoms with E-state index in [0.29, 0.717) is 11.3 Å². The second-order valence-electron chi connectivity index (χ2n) is 7.07. The number of carbonyl (C=O) groups excluding carboxylic acids is 2. The summed E-state index contributed by atoms with van der Waals surface area (Å²) >= 11 is 0. The van der Waals surface area contributed by atoms with Crippen LogP contribution in [0.1, 0.15) is 37.8 Å². The summed E-state index contributed by atoms with van der Waals surface area (Å²) in [7, 11) is 0. The predicted molar refractivity (Wildman–Crippen MR) is 113 cm³/mol. The van der Waals surface area contributed by atoms with Gasteiger partial charge in [0.15, 0.2) is 11.4 Å². The van der Waals surface area contributed by atoms with E-state index in [2.05, 4.69) is 15.5 Å². The summed E-state index contributed by atoms with van der Waals surface area (Å²) in [6.45, 7) is 1.75. The van der Waals surface area contributed by atoms with E-state index in [1.807, 2.05) is 60.7 Å². The number of rotatable bonds is 5. The SMILES string of the molecule is Cc1c(C(=O)c2conc2C(=O)c2ccc3ccccc3c2)nnn1-c1ccccc1. The third-order valence-corrected chi connectivity index (χ3v) is 5.15. The van der Waals surface area contributed by atoms with Crippen molar-refractivity contribution in [2.75, 3.05) is 0 Å². The van der Waals surface area contributed by atoms with Crippen LogP contribution in [-0.4, -0.2) is 31.7 Å². The molecule has 2 aromatic heterocycles. The zero-order chi connectivity index (χ0) is 21.4. The Kier molecular flexibility index (Phi) is 4.48. The lowest BCUT2D eigenvalue weighted by Gasteiger charge is -2.04. The first kappa shape index (κ1) is 18.6. The summed E-state index contributed by atoms with van der Waals surface area (Å²) in [6, 6.07) is 22.4. The van der Waals surface area contributed by atoms with Crippen LogP contribution in [0.25, 0.3) is 16.5 Å². The van der Waals surface area contributed by atoms with Gasteiger partial charge in [0, 0.05) is 5.56 Å². The molecule has 0 saturated carbocycles. The van der Waals surface area contributed by atoms with Gasteiger partial charge in [0.2, 0.25) is 11.6 Å². The largest absolute Gasteiger partial charge is 0.363 e. The van der Waals surface area contributed by atoms with Crippen molar-refractivity contribution in [3.63, 3.8) is 0 Å². The molecule has 0 unspecified atom stereocenters. The van der Waals surface area contributed by atoms with Gasteiger partial charge in [-0.15, -0.1) is 5.10 Å². The molecule has 7 nitrogen and oxygen atoms in total. The van der Waals surface area contributed by atoms with Crippen LogP contribution >= 0.6 is 0 Å². The Hall–Kier alpha value is -4.39. The van der Waals surface area contributed by atoms with Crippen LogP contribution in [0.5, 0.6) is 0 Å². The topological polar surface area (TPSA) is 90.9 Å². The second kappa shape index (κ2) is 7.46. The third-order valence-electron chi connectivity index (χ3n) is 5.15. The third kappa shape index (κ3) is 3.22. The van der Waals surface area contributed by atoms with E-state index in [4.69, 9.17) is 4.52 Å². The molecule has 0 bridgehead atoms. The van der Waals surface area contributed by atoms with E-state index in [9.17, 15) is 9.59 Å². The summed E-state index contributed by atoms with van der Waals surface area (Å²) < 4.78 is 6.58. The van der Waals surface area contributed by atoms with Gasteiger partial charge in [0.05, 0.1) is 16.9 Å². The van der Waals surface area contributed by atoms with Crippen molar-refractivity contribution in [3.8, 4) is 5.69 Å². The Morgan fingerprint density at radius 1 is 0.839 bits per heavy atom. The molecule has 0 N–H and O–H groups in total. The number of aromatic nitrogens is 4. The molecule has 5 rings (SSSR count). The average molecular weight is 408 g/mol. The Morgan fingerprint density at radius 3 is 2.39 bits per heavy atom. The number of hydrogen-bond acceptors (Lipinski definition) is 6. The molecule has 0 radical (unpaired) electrons. The lowest BCUT2D eigenvalue weighted by Crippen LogP contribution is -2.11. The van der Waals surface area contributed by atoms with Gasteiger partial charge < -0.3 is 4.52 Å². The van der Waals surface area contributed by atoms with E-state index in [1.165, 1.54) is 6.26 Å². The maximum Gasteiger partial charge on any atom is 0.220 e. The Bertz CT molecular complexity index is 1430. The fourth-order valence-corrected chi connectivity index (χ4v) is 3.51. The molecule has 0 aliphatic heterocycles. The van der Waals surface area contributed by atoms with Crippen LogP contribution in [-0.2, 0) is 0 Å². The zero-order valence-electron chi connectivity index (χ0n) is 16.5. The van der Waals surface area contributed by atoms with Crippen LogP contribution in [0.4, 0.5) is 0 Å². The molecule has 0 saturated heterocycles. The minimum absolute atomic E-state index is 0.0473. The Balaban J connectivity index is 1.51. The average Bonchev–Trinajstić information content (AvgIpc) is 3.45. The van der Waals surface area contributed by atoms with Gasteiger partial charge >= 0.3 is 0 Å². The minimum atomic E-state index is -0.468. The molecular weight excluding hydrogens is 392 g/mol. The zero-order valence-corrected chi connectivity index (χ0v) is 16.5. The highest BCUT2D eigenvalue weighted by Gasteiger charge is 2.27. The van der Waals surface area contributed by atoms with Crippen molar-refractivity contribution in [1.29, 1.82) is 0 Å². The standard InChI is InChI=1S/C24H16N4O3/c1-15-21(25-27-28(15)19-9-3-2-4-10-19)24(30)20-14-31-26-22(20)23(29)18-12-11-16-7-5-6-8-17(16)13-18/h2-14H,1H3. The number of para-hydroxylation sites is 1. The molecular formula is C24H16N4O3. The van der Waals surface area contributed by atoms with Crippen molar-refractivity contribution in [1.82, 2.24) is 20.2 Å². The van der Waals surface area contributed by atoms with E-state index in [0.717, 1.165) is 16.5 Å². The second-order valence-corrected chi connectivity index (χ2v) is 7.07. The maximum atomic E-state index is 13.2. The van der Waals surface area contributed by atoms with Crippen molar-refractivity contribution >= 4 is 22.3 Å². The van der Waals surface area contributed by atoms with Crippen molar-refractivity contribution in [3.05, 3.63) is 107 Å². The number of carbonyl (C=O) groups is 2. The highest BCUT2D eigenvalue weighted by Crippen LogP contribution is 2.22. The van der Waals surface area contributed by atoms with E-state index in [-0.39, 0.29) is 17.0 Å². The fraction of sp³-hybridized carbons (Fsp3) is 0.0417. The maximum absolute atomic E-state index is 13.2. The fourth-order valence-electron chi connectivity index (χ4n) is 3.51. The van der Waals surface area contributed by atoms with Gasteiger partial charge in [-0.25, -0.2) is 4.68 Å². The number of benzene rings is 3. The Labute approximate surface area is 176 Å². The molecule has 0 amide bonds. The van der Waals surface area contributed by atoms with Crippen molar-refractivity contribution in [2.45, 2.75) is 6.92 Å². The van der Waals surface area contributed by atoms with Gasteiger partial charge in [-0.05, 0) is 35.9 Å². The molecule has 31 heavy (non-hydrogen) atoms. The number of hydrogen-bond donors (Lipinski definition) is 0. The van der Waals surface area contributed by atoms with E-state index >= 15 is 0 Å². The normalized spacial score (nSPS) is 11.0. The van der Waals surface area contributed by atoms with Crippen LogP contribution < -0.4 is 0 Å². The molecule has 0 aliphatic rings. The number of nitrogens with zero attached hydrogens (tertiary/aromatic N) is 4. The minimum Gasteiger partial charge on any atom is -0.363 e. The summed E-state index contributed by atoms with van der Waals surface area (Å²) in [6.07, 6.45) is 1.18. The van der Waals surface area contributed by atoms with Crippen LogP contribution in [0.3, 0.4) is 0 Å². The summed E-state index contributed by atoms with van der Waals surface area (Å²) in [5.41, 5.74) is 1.91. The molecule has 5 aromatic rings. The molecule has 0 fully saturated rings. The Morgan fingerprint density at radius 2 is 1.58 bits per heavy atom. The van der Waals surface area contributed by atoms with Gasteiger partial charge in [0.25, 0.3) is 0 Å². The van der Waals surface area contributed by atoms with Crippen LogP contribution in [0, 0.1) is 6.92 Å². The molecule has 0 spiro atoms. The molecule has 2 heterocycles. The van der Waals surface area contributed by atoms with Crippen LogP contribution in [0.15, 0.2) is 83.6 Å². The van der Waals surface area contributed by atoms with E-state index < -0.39 is 11.6 Å². The molecule has 0 atom stereocenters. The predicted octanol–water partition coefficient (Wildman–Crippen LogP) is 4.18. The number of ketones is 2. The van der Waals surface area contributed by atoms with Gasteiger partial charge in [0.1, 0.15) is 6.26 Å².